The van der Waals surface area contributed by atoms with Crippen molar-refractivity contribution in [1.29, 1.82) is 5.26 Å². The molecule has 0 bridgehead atoms. The largest absolute Gasteiger partial charge is 0.393 e. The Kier molecular flexibility index (Phi) is 4.23. The Labute approximate surface area is 118 Å². The summed E-state index contributed by atoms with van der Waals surface area (Å²) in [7, 11) is -1.51. The van der Waals surface area contributed by atoms with Crippen LogP contribution in [0.4, 0.5) is 0 Å². The molecule has 0 aromatic heterocycles. The van der Waals surface area contributed by atoms with E-state index >= 15 is 0 Å². The Morgan fingerprint density at radius 3 is 2.84 bits per heavy atom. The number of hydrogen-bond acceptors (Lipinski definition) is 4. The van der Waals surface area contributed by atoms with Crippen LogP contribution in [0, 0.1) is 11.3 Å². The molecule has 2 rings (SSSR count). The zero-order valence-electron chi connectivity index (χ0n) is 10.0. The molecule has 1 heterocycles. The molecule has 102 valence electrons. The number of halogens is 1. The van der Waals surface area contributed by atoms with Gasteiger partial charge in [0.25, 0.3) is 0 Å². The van der Waals surface area contributed by atoms with Crippen molar-refractivity contribution < 1.29 is 14.4 Å². The number of hydrogen-bond donors (Lipinski definition) is 2. The van der Waals surface area contributed by atoms with Crippen LogP contribution in [0.3, 0.4) is 0 Å². The van der Waals surface area contributed by atoms with Crippen LogP contribution in [0.25, 0.3) is 0 Å². The van der Waals surface area contributed by atoms with Gasteiger partial charge in [-0.3, -0.25) is 0 Å². The van der Waals surface area contributed by atoms with Crippen LogP contribution in [0.15, 0.2) is 23.1 Å². The molecule has 1 aliphatic heterocycles. The molecule has 2 atom stereocenters. The van der Waals surface area contributed by atoms with E-state index < -0.39 is 16.6 Å². The van der Waals surface area contributed by atoms with Gasteiger partial charge in [-0.1, -0.05) is 11.6 Å². The number of rotatable bonds is 3. The van der Waals surface area contributed by atoms with Crippen molar-refractivity contribution in [3.8, 4) is 6.07 Å². The molecule has 2 N–H and O–H groups in total. The molecule has 1 fully saturated rings. The molecule has 19 heavy (non-hydrogen) atoms. The van der Waals surface area contributed by atoms with E-state index in [4.69, 9.17) is 22.0 Å². The minimum atomic E-state index is -1.51. The highest BCUT2D eigenvalue weighted by molar-refractivity contribution is 7.82. The second-order valence-electron chi connectivity index (χ2n) is 4.50. The number of β-amino-alcohol motifs (C(OH)–C–C–N with tert-alkyl or cyclic N) is 1. The first kappa shape index (κ1) is 14.4. The Morgan fingerprint density at radius 2 is 2.32 bits per heavy atom. The average molecular weight is 301 g/mol. The Balaban J connectivity index is 2.20. The van der Waals surface area contributed by atoms with Crippen LogP contribution >= 0.6 is 11.6 Å². The third kappa shape index (κ3) is 2.96. The van der Waals surface area contributed by atoms with Crippen molar-refractivity contribution in [3.05, 3.63) is 28.8 Å². The van der Waals surface area contributed by atoms with E-state index in [2.05, 4.69) is 0 Å². The first-order valence-corrected chi connectivity index (χ1v) is 7.17. The summed E-state index contributed by atoms with van der Waals surface area (Å²) in [6, 6.07) is 6.51. The van der Waals surface area contributed by atoms with Gasteiger partial charge in [-0.2, -0.15) is 5.26 Å². The molecule has 5 nitrogen and oxygen atoms in total. The minimum absolute atomic E-state index is 0.131. The fourth-order valence-electron chi connectivity index (χ4n) is 1.94. The van der Waals surface area contributed by atoms with E-state index in [1.807, 2.05) is 6.07 Å². The standard InChI is InChI=1S/C12H13ClN2O3S/c13-10-5-9(6-14)1-2-11(10)19(18)15-4-3-12(17,7-15)8-16/h1-2,5,16-17H,3-4,7-8H2/t12-,19?/m0/s1. The lowest BCUT2D eigenvalue weighted by atomic mass is 10.1. The van der Waals surface area contributed by atoms with Gasteiger partial charge in [-0.15, -0.1) is 0 Å². The third-order valence-corrected chi connectivity index (χ3v) is 5.01. The summed E-state index contributed by atoms with van der Waals surface area (Å²) < 4.78 is 13.9. The quantitative estimate of drug-likeness (QED) is 0.859. The van der Waals surface area contributed by atoms with Crippen LogP contribution in [0.1, 0.15) is 12.0 Å². The Bertz CT molecular complexity index is 560. The first-order valence-electron chi connectivity index (χ1n) is 5.69. The summed E-state index contributed by atoms with van der Waals surface area (Å²) in [5.41, 5.74) is -0.798. The molecule has 0 saturated carbocycles. The lowest BCUT2D eigenvalue weighted by molar-refractivity contribution is -0.000502. The van der Waals surface area contributed by atoms with E-state index in [0.717, 1.165) is 0 Å². The molecule has 7 heteroatoms. The molecule has 0 aliphatic carbocycles. The van der Waals surface area contributed by atoms with Gasteiger partial charge >= 0.3 is 0 Å². The summed E-state index contributed by atoms with van der Waals surface area (Å²) in [4.78, 5) is 0.405. The normalized spacial score (nSPS) is 25.2. The van der Waals surface area contributed by atoms with Gasteiger partial charge in [0.15, 0.2) is 0 Å². The maximum absolute atomic E-state index is 12.3. The van der Waals surface area contributed by atoms with Crippen LogP contribution < -0.4 is 0 Å². The van der Waals surface area contributed by atoms with E-state index in [0.29, 0.717) is 23.4 Å². The average Bonchev–Trinajstić information content (AvgIpc) is 2.81. The highest BCUT2D eigenvalue weighted by Crippen LogP contribution is 2.28. The van der Waals surface area contributed by atoms with Gasteiger partial charge in [0, 0.05) is 13.1 Å². The maximum Gasteiger partial charge on any atom is 0.129 e. The number of nitriles is 1. The second-order valence-corrected chi connectivity index (χ2v) is 6.36. The molecular formula is C12H13ClN2O3S. The topological polar surface area (TPSA) is 84.6 Å². The summed E-state index contributed by atoms with van der Waals surface area (Å²) in [6.45, 7) is 0.189. The molecule has 1 aromatic carbocycles. The smallest absolute Gasteiger partial charge is 0.129 e. The third-order valence-electron chi connectivity index (χ3n) is 3.08. The van der Waals surface area contributed by atoms with Crippen molar-refractivity contribution in [2.45, 2.75) is 16.9 Å². The molecule has 1 aliphatic rings. The minimum Gasteiger partial charge on any atom is -0.393 e. The van der Waals surface area contributed by atoms with E-state index in [9.17, 15) is 9.32 Å². The molecule has 1 saturated heterocycles. The van der Waals surface area contributed by atoms with Gasteiger partial charge in [0.1, 0.15) is 16.6 Å². The van der Waals surface area contributed by atoms with Gasteiger partial charge in [0.2, 0.25) is 0 Å². The van der Waals surface area contributed by atoms with Gasteiger partial charge < -0.3 is 10.2 Å². The predicted octanol–water partition coefficient (Wildman–Crippen LogP) is 0.663. The van der Waals surface area contributed by atoms with E-state index in [-0.39, 0.29) is 18.2 Å². The molecule has 0 amide bonds. The van der Waals surface area contributed by atoms with Crippen molar-refractivity contribution in [2.24, 2.45) is 0 Å². The summed E-state index contributed by atoms with van der Waals surface area (Å²) in [6.07, 6.45) is 0.364. The molecule has 0 radical (unpaired) electrons. The second kappa shape index (κ2) is 5.57. The Morgan fingerprint density at radius 1 is 1.58 bits per heavy atom. The van der Waals surface area contributed by atoms with Gasteiger partial charge in [-0.25, -0.2) is 8.51 Å². The van der Waals surface area contributed by atoms with Crippen molar-refractivity contribution in [3.63, 3.8) is 0 Å². The predicted molar refractivity (Wildman–Crippen MR) is 70.8 cm³/mol. The molecule has 1 aromatic rings. The van der Waals surface area contributed by atoms with Crippen molar-refractivity contribution in [1.82, 2.24) is 4.31 Å². The number of aliphatic hydroxyl groups is 2. The van der Waals surface area contributed by atoms with E-state index in [1.54, 1.807) is 16.4 Å². The van der Waals surface area contributed by atoms with Crippen LogP contribution in [-0.2, 0) is 11.0 Å². The fraction of sp³-hybridized carbons (Fsp3) is 0.417. The van der Waals surface area contributed by atoms with Crippen LogP contribution in [0.5, 0.6) is 0 Å². The van der Waals surface area contributed by atoms with Crippen LogP contribution in [0.2, 0.25) is 5.02 Å². The van der Waals surface area contributed by atoms with Crippen LogP contribution in [-0.4, -0.2) is 44.0 Å². The van der Waals surface area contributed by atoms with Crippen molar-refractivity contribution in [2.75, 3.05) is 19.7 Å². The number of benzene rings is 1. The summed E-state index contributed by atoms with van der Waals surface area (Å²) in [5, 5.41) is 28.0. The highest BCUT2D eigenvalue weighted by Gasteiger charge is 2.38. The van der Waals surface area contributed by atoms with Gasteiger partial charge in [-0.05, 0) is 24.6 Å². The molecular weight excluding hydrogens is 288 g/mol. The zero-order chi connectivity index (χ0) is 14.0. The maximum atomic E-state index is 12.3. The van der Waals surface area contributed by atoms with E-state index in [1.165, 1.54) is 6.07 Å². The Hall–Kier alpha value is -0.970. The molecule has 1 unspecified atom stereocenters. The first-order chi connectivity index (χ1) is 8.99. The number of nitrogens with zero attached hydrogens (tertiary/aromatic N) is 2. The monoisotopic (exact) mass is 300 g/mol. The highest BCUT2D eigenvalue weighted by atomic mass is 35.5. The van der Waals surface area contributed by atoms with Gasteiger partial charge in [0.05, 0.1) is 28.2 Å². The summed E-state index contributed by atoms with van der Waals surface area (Å²) >= 11 is 6.00. The van der Waals surface area contributed by atoms with Crippen molar-refractivity contribution >= 4 is 22.6 Å². The lowest BCUT2D eigenvalue weighted by Crippen LogP contribution is -2.37. The fourth-order valence-corrected chi connectivity index (χ4v) is 3.62. The number of aliphatic hydroxyl groups excluding tert-OH is 1. The lowest BCUT2D eigenvalue weighted by Gasteiger charge is -2.20. The zero-order valence-corrected chi connectivity index (χ0v) is 11.6. The summed E-state index contributed by atoms with van der Waals surface area (Å²) in [5.74, 6) is 0. The molecule has 0 spiro atoms. The SMILES string of the molecule is N#Cc1ccc(S(=O)N2CC[C@@](O)(CO)C2)c(Cl)c1.